The van der Waals surface area contributed by atoms with Crippen molar-refractivity contribution in [3.8, 4) is 11.1 Å². The first-order valence-corrected chi connectivity index (χ1v) is 5.32. The smallest absolute Gasteiger partial charge is 0.277 e. The minimum absolute atomic E-state index is 0.172. The largest absolute Gasteiger partial charge is 0.399 e. The first-order valence-electron chi connectivity index (χ1n) is 5.32. The van der Waals surface area contributed by atoms with Crippen molar-refractivity contribution in [2.24, 2.45) is 0 Å². The predicted molar refractivity (Wildman–Crippen MR) is 65.8 cm³/mol. The van der Waals surface area contributed by atoms with Gasteiger partial charge in [-0.25, -0.2) is 0 Å². The molecule has 0 bridgehead atoms. The second-order valence-electron chi connectivity index (χ2n) is 4.16. The van der Waals surface area contributed by atoms with Gasteiger partial charge in [-0.2, -0.15) is 0 Å². The van der Waals surface area contributed by atoms with Crippen molar-refractivity contribution in [3.63, 3.8) is 0 Å². The minimum Gasteiger partial charge on any atom is -0.399 e. The maximum absolute atomic E-state index is 11.0. The van der Waals surface area contributed by atoms with Crippen LogP contribution in [0.2, 0.25) is 0 Å². The van der Waals surface area contributed by atoms with E-state index in [4.69, 9.17) is 5.73 Å². The summed E-state index contributed by atoms with van der Waals surface area (Å²) < 4.78 is 0. The van der Waals surface area contributed by atoms with Gasteiger partial charge in [0.25, 0.3) is 5.69 Å². The Bertz CT molecular complexity index is 635. The lowest BCUT2D eigenvalue weighted by Crippen LogP contribution is -1.92. The lowest BCUT2D eigenvalue weighted by molar-refractivity contribution is -0.384. The molecule has 0 aromatic heterocycles. The SMILES string of the molecule is Nc1ccc2c(c1)Cc1cccc([N+](=O)[O-])c1-2. The molecule has 84 valence electrons. The zero-order valence-electron chi connectivity index (χ0n) is 9.01. The van der Waals surface area contributed by atoms with Gasteiger partial charge in [-0.15, -0.1) is 0 Å². The van der Waals surface area contributed by atoms with Crippen LogP contribution in [0.3, 0.4) is 0 Å². The van der Waals surface area contributed by atoms with Crippen LogP contribution in [0.25, 0.3) is 11.1 Å². The van der Waals surface area contributed by atoms with Gasteiger partial charge < -0.3 is 5.73 Å². The van der Waals surface area contributed by atoms with Crippen LogP contribution in [-0.4, -0.2) is 4.92 Å². The zero-order chi connectivity index (χ0) is 12.0. The molecule has 17 heavy (non-hydrogen) atoms. The molecule has 0 aliphatic heterocycles. The Balaban J connectivity index is 2.30. The van der Waals surface area contributed by atoms with Gasteiger partial charge in [0.2, 0.25) is 0 Å². The van der Waals surface area contributed by atoms with Crippen molar-refractivity contribution in [1.29, 1.82) is 0 Å². The number of hydrogen-bond acceptors (Lipinski definition) is 3. The van der Waals surface area contributed by atoms with Gasteiger partial charge in [0, 0.05) is 11.8 Å². The Kier molecular flexibility index (Phi) is 1.92. The molecule has 2 aromatic carbocycles. The Labute approximate surface area is 97.8 Å². The summed E-state index contributed by atoms with van der Waals surface area (Å²) in [6.45, 7) is 0. The van der Waals surface area contributed by atoms with Crippen molar-refractivity contribution < 1.29 is 4.92 Å². The Morgan fingerprint density at radius 2 is 2.00 bits per heavy atom. The minimum atomic E-state index is -0.329. The highest BCUT2D eigenvalue weighted by Crippen LogP contribution is 2.42. The molecular formula is C13H10N2O2. The standard InChI is InChI=1S/C13H10N2O2/c14-10-4-5-11-9(7-10)6-8-2-1-3-12(13(8)11)15(16)17/h1-5,7H,6,14H2. The number of nitro benzene ring substituents is 1. The van der Waals surface area contributed by atoms with Crippen molar-refractivity contribution in [3.05, 3.63) is 57.6 Å². The van der Waals surface area contributed by atoms with E-state index < -0.39 is 0 Å². The number of nitrogens with two attached hydrogens (primary N) is 1. The van der Waals surface area contributed by atoms with Crippen molar-refractivity contribution >= 4 is 11.4 Å². The number of rotatable bonds is 1. The Morgan fingerprint density at radius 3 is 2.76 bits per heavy atom. The van der Waals surface area contributed by atoms with Crippen LogP contribution in [0.1, 0.15) is 11.1 Å². The number of nitrogen functional groups attached to an aromatic ring is 1. The predicted octanol–water partition coefficient (Wildman–Crippen LogP) is 2.75. The highest BCUT2D eigenvalue weighted by atomic mass is 16.6. The number of nitrogens with zero attached hydrogens (tertiary/aromatic N) is 1. The molecule has 0 atom stereocenters. The molecule has 0 spiro atoms. The summed E-state index contributed by atoms with van der Waals surface area (Å²) in [5, 5.41) is 11.0. The number of benzene rings is 2. The van der Waals surface area contributed by atoms with Crippen LogP contribution < -0.4 is 5.73 Å². The van der Waals surface area contributed by atoms with E-state index >= 15 is 0 Å². The average molecular weight is 226 g/mol. The van der Waals surface area contributed by atoms with E-state index in [9.17, 15) is 10.1 Å². The average Bonchev–Trinajstić information content (AvgIpc) is 2.65. The van der Waals surface area contributed by atoms with Gasteiger partial charge in [-0.3, -0.25) is 10.1 Å². The van der Waals surface area contributed by atoms with E-state index in [0.717, 1.165) is 28.7 Å². The fourth-order valence-corrected chi connectivity index (χ4v) is 2.41. The van der Waals surface area contributed by atoms with E-state index in [-0.39, 0.29) is 10.6 Å². The van der Waals surface area contributed by atoms with Crippen LogP contribution in [0, 0.1) is 10.1 Å². The fourth-order valence-electron chi connectivity index (χ4n) is 2.41. The van der Waals surface area contributed by atoms with Gasteiger partial charge in [-0.05, 0) is 35.2 Å². The third-order valence-corrected chi connectivity index (χ3v) is 3.10. The van der Waals surface area contributed by atoms with Gasteiger partial charge in [-0.1, -0.05) is 18.2 Å². The van der Waals surface area contributed by atoms with Crippen LogP contribution in [0.4, 0.5) is 11.4 Å². The maximum atomic E-state index is 11.0. The molecule has 0 amide bonds. The van der Waals surface area contributed by atoms with Crippen LogP contribution in [0.5, 0.6) is 0 Å². The van der Waals surface area contributed by atoms with Crippen molar-refractivity contribution in [1.82, 2.24) is 0 Å². The van der Waals surface area contributed by atoms with Gasteiger partial charge >= 0.3 is 0 Å². The Hall–Kier alpha value is -2.36. The summed E-state index contributed by atoms with van der Waals surface area (Å²) in [4.78, 5) is 10.7. The lowest BCUT2D eigenvalue weighted by atomic mass is 10.0. The summed E-state index contributed by atoms with van der Waals surface area (Å²) >= 11 is 0. The molecule has 0 fully saturated rings. The van der Waals surface area contributed by atoms with E-state index in [1.54, 1.807) is 18.2 Å². The molecule has 0 unspecified atom stereocenters. The molecule has 2 aromatic rings. The third-order valence-electron chi connectivity index (χ3n) is 3.10. The molecule has 0 heterocycles. The van der Waals surface area contributed by atoms with Gasteiger partial charge in [0.05, 0.1) is 10.5 Å². The van der Waals surface area contributed by atoms with Crippen LogP contribution in [0.15, 0.2) is 36.4 Å². The van der Waals surface area contributed by atoms with E-state index in [0.29, 0.717) is 5.69 Å². The summed E-state index contributed by atoms with van der Waals surface area (Å²) in [6.07, 6.45) is 0.720. The molecule has 0 saturated carbocycles. The maximum Gasteiger partial charge on any atom is 0.277 e. The molecule has 4 nitrogen and oxygen atoms in total. The lowest BCUT2D eigenvalue weighted by Gasteiger charge is -2.02. The highest BCUT2D eigenvalue weighted by Gasteiger charge is 2.26. The zero-order valence-corrected chi connectivity index (χ0v) is 9.01. The van der Waals surface area contributed by atoms with Gasteiger partial charge in [0.15, 0.2) is 0 Å². The van der Waals surface area contributed by atoms with Gasteiger partial charge in [0.1, 0.15) is 0 Å². The second-order valence-corrected chi connectivity index (χ2v) is 4.16. The highest BCUT2D eigenvalue weighted by molar-refractivity contribution is 5.84. The second kappa shape index (κ2) is 3.31. The number of anilines is 1. The summed E-state index contributed by atoms with van der Waals surface area (Å²) in [6, 6.07) is 10.7. The number of hydrogen-bond donors (Lipinski definition) is 1. The number of fused-ring (bicyclic) bond motifs is 3. The molecule has 4 heteroatoms. The summed E-state index contributed by atoms with van der Waals surface area (Å²) in [5.41, 5.74) is 10.3. The molecule has 2 N–H and O–H groups in total. The van der Waals surface area contributed by atoms with E-state index in [1.807, 2.05) is 18.2 Å². The van der Waals surface area contributed by atoms with E-state index in [2.05, 4.69) is 0 Å². The normalized spacial score (nSPS) is 12.0. The fraction of sp³-hybridized carbons (Fsp3) is 0.0769. The van der Waals surface area contributed by atoms with Crippen LogP contribution in [-0.2, 0) is 6.42 Å². The van der Waals surface area contributed by atoms with Crippen molar-refractivity contribution in [2.75, 3.05) is 5.73 Å². The first kappa shape index (κ1) is 9.84. The molecule has 3 rings (SSSR count). The molecule has 1 aliphatic carbocycles. The van der Waals surface area contributed by atoms with E-state index in [1.165, 1.54) is 0 Å². The monoisotopic (exact) mass is 226 g/mol. The Morgan fingerprint density at radius 1 is 1.18 bits per heavy atom. The third kappa shape index (κ3) is 1.38. The van der Waals surface area contributed by atoms with Crippen LogP contribution >= 0.6 is 0 Å². The topological polar surface area (TPSA) is 69.2 Å². The number of nitro groups is 1. The molecule has 0 radical (unpaired) electrons. The first-order chi connectivity index (χ1) is 8.16. The summed E-state index contributed by atoms with van der Waals surface area (Å²) in [7, 11) is 0. The summed E-state index contributed by atoms with van der Waals surface area (Å²) in [5.74, 6) is 0. The molecule has 1 aliphatic rings. The van der Waals surface area contributed by atoms with Crippen molar-refractivity contribution in [2.45, 2.75) is 6.42 Å². The molecular weight excluding hydrogens is 216 g/mol. The molecule has 0 saturated heterocycles. The quantitative estimate of drug-likeness (QED) is 0.394.